The summed E-state index contributed by atoms with van der Waals surface area (Å²) in [6.07, 6.45) is 2.28. The lowest BCUT2D eigenvalue weighted by Crippen LogP contribution is -2.23. The van der Waals surface area contributed by atoms with Crippen LogP contribution in [0, 0.1) is 6.92 Å². The standard InChI is InChI=1S/C16H20ClN3O/c1-4-18-15(12-5-11(2)6-13(17)7-12)8-14-9-16(21-3)20-10-19-14/h5-7,9-10,15,18H,4,8H2,1-3H3. The molecule has 0 aliphatic carbocycles. The fourth-order valence-electron chi connectivity index (χ4n) is 2.33. The van der Waals surface area contributed by atoms with Crippen LogP contribution in [0.5, 0.6) is 5.88 Å². The molecule has 1 aromatic heterocycles. The number of rotatable bonds is 6. The molecule has 112 valence electrons. The zero-order chi connectivity index (χ0) is 15.2. The highest BCUT2D eigenvalue weighted by Crippen LogP contribution is 2.23. The third-order valence-electron chi connectivity index (χ3n) is 3.24. The fraction of sp³-hybridized carbons (Fsp3) is 0.375. The van der Waals surface area contributed by atoms with Gasteiger partial charge in [-0.15, -0.1) is 0 Å². The molecule has 0 aliphatic rings. The lowest BCUT2D eigenvalue weighted by Gasteiger charge is -2.19. The summed E-state index contributed by atoms with van der Waals surface area (Å²) in [5.41, 5.74) is 3.26. The van der Waals surface area contributed by atoms with Crippen LogP contribution in [-0.2, 0) is 6.42 Å². The highest BCUT2D eigenvalue weighted by atomic mass is 35.5. The average molecular weight is 306 g/mol. The number of aryl methyl sites for hydroxylation is 1. The second-order valence-electron chi connectivity index (χ2n) is 4.93. The Kier molecular flexibility index (Phi) is 5.53. The van der Waals surface area contributed by atoms with E-state index < -0.39 is 0 Å². The maximum absolute atomic E-state index is 6.17. The van der Waals surface area contributed by atoms with Crippen LogP contribution >= 0.6 is 11.6 Å². The molecular weight excluding hydrogens is 286 g/mol. The number of nitrogens with one attached hydrogen (secondary N) is 1. The first kappa shape index (κ1) is 15.7. The molecule has 1 heterocycles. The van der Waals surface area contributed by atoms with Crippen molar-refractivity contribution in [2.75, 3.05) is 13.7 Å². The third kappa shape index (κ3) is 4.41. The molecule has 0 amide bonds. The summed E-state index contributed by atoms with van der Waals surface area (Å²) in [6, 6.07) is 8.13. The van der Waals surface area contributed by atoms with Gasteiger partial charge in [0.15, 0.2) is 0 Å². The number of hydrogen-bond acceptors (Lipinski definition) is 4. The minimum Gasteiger partial charge on any atom is -0.481 e. The third-order valence-corrected chi connectivity index (χ3v) is 3.46. The summed E-state index contributed by atoms with van der Waals surface area (Å²) in [4.78, 5) is 8.35. The topological polar surface area (TPSA) is 47.0 Å². The first-order valence-electron chi connectivity index (χ1n) is 6.97. The van der Waals surface area contributed by atoms with Gasteiger partial charge in [0.05, 0.1) is 7.11 Å². The SMILES string of the molecule is CCNC(Cc1cc(OC)ncn1)c1cc(C)cc(Cl)c1. The first-order valence-corrected chi connectivity index (χ1v) is 7.35. The number of likely N-dealkylation sites (N-methyl/N-ethyl adjacent to an activating group) is 1. The number of nitrogens with zero attached hydrogens (tertiary/aromatic N) is 2. The van der Waals surface area contributed by atoms with Gasteiger partial charge in [-0.2, -0.15) is 0 Å². The first-order chi connectivity index (χ1) is 10.1. The molecule has 21 heavy (non-hydrogen) atoms. The molecule has 1 unspecified atom stereocenters. The van der Waals surface area contributed by atoms with Crippen molar-refractivity contribution in [1.82, 2.24) is 15.3 Å². The highest BCUT2D eigenvalue weighted by Gasteiger charge is 2.14. The van der Waals surface area contributed by atoms with Gasteiger partial charge in [-0.1, -0.05) is 24.6 Å². The molecule has 1 N–H and O–H groups in total. The van der Waals surface area contributed by atoms with Gasteiger partial charge >= 0.3 is 0 Å². The molecule has 5 heteroatoms. The van der Waals surface area contributed by atoms with Crippen LogP contribution in [0.3, 0.4) is 0 Å². The molecule has 2 rings (SSSR count). The van der Waals surface area contributed by atoms with E-state index in [1.165, 1.54) is 11.9 Å². The van der Waals surface area contributed by atoms with E-state index in [2.05, 4.69) is 28.3 Å². The van der Waals surface area contributed by atoms with Crippen molar-refractivity contribution >= 4 is 11.6 Å². The number of ether oxygens (including phenoxy) is 1. The van der Waals surface area contributed by atoms with Crippen LogP contribution in [-0.4, -0.2) is 23.6 Å². The minimum absolute atomic E-state index is 0.159. The zero-order valence-electron chi connectivity index (χ0n) is 12.6. The quantitative estimate of drug-likeness (QED) is 0.889. The Morgan fingerprint density at radius 1 is 1.24 bits per heavy atom. The second-order valence-corrected chi connectivity index (χ2v) is 5.36. The van der Waals surface area contributed by atoms with Crippen LogP contribution in [0.1, 0.15) is 29.8 Å². The van der Waals surface area contributed by atoms with Gasteiger partial charge in [-0.05, 0) is 36.7 Å². The van der Waals surface area contributed by atoms with E-state index in [-0.39, 0.29) is 6.04 Å². The summed E-state index contributed by atoms with van der Waals surface area (Å²) < 4.78 is 5.15. The van der Waals surface area contributed by atoms with E-state index in [1.54, 1.807) is 7.11 Å². The van der Waals surface area contributed by atoms with Crippen molar-refractivity contribution in [2.45, 2.75) is 26.3 Å². The van der Waals surface area contributed by atoms with Crippen molar-refractivity contribution in [2.24, 2.45) is 0 Å². The van der Waals surface area contributed by atoms with Crippen LogP contribution < -0.4 is 10.1 Å². The van der Waals surface area contributed by atoms with Gasteiger partial charge in [0, 0.05) is 29.2 Å². The molecule has 0 bridgehead atoms. The van der Waals surface area contributed by atoms with E-state index >= 15 is 0 Å². The fourth-order valence-corrected chi connectivity index (χ4v) is 2.63. The predicted octanol–water partition coefficient (Wildman–Crippen LogP) is 3.34. The highest BCUT2D eigenvalue weighted by molar-refractivity contribution is 6.30. The van der Waals surface area contributed by atoms with Gasteiger partial charge in [-0.25, -0.2) is 9.97 Å². The summed E-state index contributed by atoms with van der Waals surface area (Å²) in [5, 5.41) is 4.24. The molecule has 0 aliphatic heterocycles. The number of benzene rings is 1. The number of hydrogen-bond donors (Lipinski definition) is 1. The monoisotopic (exact) mass is 305 g/mol. The summed E-state index contributed by atoms with van der Waals surface area (Å²) in [6.45, 7) is 5.01. The van der Waals surface area contributed by atoms with E-state index in [9.17, 15) is 0 Å². The molecule has 1 atom stereocenters. The summed E-state index contributed by atoms with van der Waals surface area (Å²) in [5.74, 6) is 0.581. The molecule has 0 saturated heterocycles. The van der Waals surface area contributed by atoms with E-state index in [0.29, 0.717) is 5.88 Å². The maximum atomic E-state index is 6.17. The Bertz CT molecular complexity index is 584. The molecular formula is C16H20ClN3O. The van der Waals surface area contributed by atoms with Crippen molar-refractivity contribution in [1.29, 1.82) is 0 Å². The van der Waals surface area contributed by atoms with Crippen molar-refractivity contribution in [3.05, 3.63) is 52.4 Å². The summed E-state index contributed by atoms with van der Waals surface area (Å²) >= 11 is 6.17. The Hall–Kier alpha value is -1.65. The van der Waals surface area contributed by atoms with Gasteiger partial charge in [0.2, 0.25) is 5.88 Å². The molecule has 0 spiro atoms. The van der Waals surface area contributed by atoms with Crippen molar-refractivity contribution in [3.8, 4) is 5.88 Å². The Labute approximate surface area is 130 Å². The lowest BCUT2D eigenvalue weighted by molar-refractivity contribution is 0.395. The smallest absolute Gasteiger partial charge is 0.216 e. The Balaban J connectivity index is 2.25. The number of halogens is 1. The molecule has 0 fully saturated rings. The van der Waals surface area contributed by atoms with Crippen LogP contribution in [0.4, 0.5) is 0 Å². The van der Waals surface area contributed by atoms with Gasteiger partial charge in [0.1, 0.15) is 6.33 Å². The van der Waals surface area contributed by atoms with Crippen LogP contribution in [0.2, 0.25) is 5.02 Å². The van der Waals surface area contributed by atoms with E-state index in [1.807, 2.05) is 25.1 Å². The van der Waals surface area contributed by atoms with Crippen molar-refractivity contribution < 1.29 is 4.74 Å². The van der Waals surface area contributed by atoms with Crippen molar-refractivity contribution in [3.63, 3.8) is 0 Å². The second kappa shape index (κ2) is 7.38. The Morgan fingerprint density at radius 2 is 2.05 bits per heavy atom. The maximum Gasteiger partial charge on any atom is 0.216 e. The number of methoxy groups -OCH3 is 1. The molecule has 0 saturated carbocycles. The van der Waals surface area contributed by atoms with Gasteiger partial charge in [-0.3, -0.25) is 0 Å². The predicted molar refractivity (Wildman–Crippen MR) is 84.9 cm³/mol. The van der Waals surface area contributed by atoms with E-state index in [4.69, 9.17) is 16.3 Å². The minimum atomic E-state index is 0.159. The normalized spacial score (nSPS) is 12.2. The zero-order valence-corrected chi connectivity index (χ0v) is 13.3. The Morgan fingerprint density at radius 3 is 2.71 bits per heavy atom. The van der Waals surface area contributed by atoms with Crippen LogP contribution in [0.15, 0.2) is 30.6 Å². The largest absolute Gasteiger partial charge is 0.481 e. The summed E-state index contributed by atoms with van der Waals surface area (Å²) in [7, 11) is 1.61. The van der Waals surface area contributed by atoms with Gasteiger partial charge < -0.3 is 10.1 Å². The molecule has 1 aromatic carbocycles. The molecule has 4 nitrogen and oxygen atoms in total. The number of aromatic nitrogens is 2. The average Bonchev–Trinajstić information content (AvgIpc) is 2.46. The van der Waals surface area contributed by atoms with Gasteiger partial charge in [0.25, 0.3) is 0 Å². The van der Waals surface area contributed by atoms with E-state index in [0.717, 1.165) is 29.2 Å². The van der Waals surface area contributed by atoms with Crippen LogP contribution in [0.25, 0.3) is 0 Å². The molecule has 0 radical (unpaired) electrons. The molecule has 2 aromatic rings. The lowest BCUT2D eigenvalue weighted by atomic mass is 10.00.